The number of benzene rings is 1. The van der Waals surface area contributed by atoms with E-state index in [0.29, 0.717) is 33.4 Å². The maximum Gasteiger partial charge on any atom is 0.266 e. The summed E-state index contributed by atoms with van der Waals surface area (Å²) in [5.41, 5.74) is 1.79. The molecule has 0 heterocycles. The molecule has 0 aliphatic heterocycles. The third-order valence-electron chi connectivity index (χ3n) is 4.09. The van der Waals surface area contributed by atoms with Crippen molar-refractivity contribution in [3.63, 3.8) is 0 Å². The van der Waals surface area contributed by atoms with Gasteiger partial charge in [-0.05, 0) is 34.4 Å². The van der Waals surface area contributed by atoms with Crippen molar-refractivity contribution in [1.29, 1.82) is 10.5 Å². The molecular formula is C18H6N4O2. The molecule has 0 N–H and O–H groups in total. The van der Waals surface area contributed by atoms with Crippen LogP contribution in [0.5, 0.6) is 0 Å². The van der Waals surface area contributed by atoms with Crippen molar-refractivity contribution in [2.45, 2.75) is 12.8 Å². The highest BCUT2D eigenvalue weighted by molar-refractivity contribution is 6.18. The number of carbonyl (C=O) groups excluding carboxylic acids is 2. The van der Waals surface area contributed by atoms with Gasteiger partial charge in [0.2, 0.25) is 0 Å². The van der Waals surface area contributed by atoms with Crippen molar-refractivity contribution in [3.8, 4) is 12.1 Å². The number of Topliss-reactive ketones (excluding diaryl/α,β-unsaturated/α-hetero) is 2. The Morgan fingerprint density at radius 3 is 1.50 bits per heavy atom. The fraction of sp³-hybridized carbons (Fsp3) is 0.111. The van der Waals surface area contributed by atoms with E-state index in [-0.39, 0.29) is 35.8 Å². The zero-order valence-corrected chi connectivity index (χ0v) is 12.2. The van der Waals surface area contributed by atoms with Crippen LogP contribution in [0.3, 0.4) is 0 Å². The number of allylic oxidation sites excluding steroid dienone is 4. The third kappa shape index (κ3) is 1.92. The van der Waals surface area contributed by atoms with Gasteiger partial charge in [0.15, 0.2) is 11.6 Å². The summed E-state index contributed by atoms with van der Waals surface area (Å²) in [5, 5.41) is 18.1. The van der Waals surface area contributed by atoms with Crippen molar-refractivity contribution < 1.29 is 9.59 Å². The molecule has 24 heavy (non-hydrogen) atoms. The lowest BCUT2D eigenvalue weighted by Gasteiger charge is -2.06. The van der Waals surface area contributed by atoms with Crippen LogP contribution in [-0.2, 0) is 0 Å². The lowest BCUT2D eigenvalue weighted by Crippen LogP contribution is -1.96. The van der Waals surface area contributed by atoms with Gasteiger partial charge in [0.25, 0.3) is 11.4 Å². The Morgan fingerprint density at radius 1 is 0.833 bits per heavy atom. The fourth-order valence-corrected chi connectivity index (χ4v) is 3.00. The van der Waals surface area contributed by atoms with Gasteiger partial charge >= 0.3 is 0 Å². The van der Waals surface area contributed by atoms with Crippen LogP contribution in [0.2, 0.25) is 0 Å². The van der Waals surface area contributed by atoms with Crippen molar-refractivity contribution in [2.75, 3.05) is 0 Å². The highest BCUT2D eigenvalue weighted by atomic mass is 16.1. The SMILES string of the molecule is [C-]#[N+]/C(C#N)=C1/CC(=O)c2cc3c(cc21)C(=O)C/C3=C(/C#N)[N+]#[C-]. The Bertz CT molecular complexity index is 956. The van der Waals surface area contributed by atoms with Crippen molar-refractivity contribution >= 4 is 22.7 Å². The molecule has 0 spiro atoms. The number of fused-ring (bicyclic) bond motifs is 2. The van der Waals surface area contributed by atoms with Gasteiger partial charge in [0.1, 0.15) is 0 Å². The molecular weight excluding hydrogens is 304 g/mol. The van der Waals surface area contributed by atoms with Gasteiger partial charge in [-0.2, -0.15) is 0 Å². The summed E-state index contributed by atoms with van der Waals surface area (Å²) in [6.07, 6.45) is -0.130. The lowest BCUT2D eigenvalue weighted by molar-refractivity contribution is 0.0994. The Morgan fingerprint density at radius 2 is 1.21 bits per heavy atom. The molecule has 0 radical (unpaired) electrons. The molecule has 0 saturated heterocycles. The van der Waals surface area contributed by atoms with Crippen LogP contribution >= 0.6 is 0 Å². The normalized spacial score (nSPS) is 18.7. The largest absolute Gasteiger partial charge is 0.294 e. The molecule has 0 unspecified atom stereocenters. The molecule has 0 bridgehead atoms. The Balaban J connectivity index is 2.35. The summed E-state index contributed by atoms with van der Waals surface area (Å²) in [4.78, 5) is 30.8. The van der Waals surface area contributed by atoms with Crippen LogP contribution in [0.1, 0.15) is 44.7 Å². The molecule has 0 amide bonds. The first-order chi connectivity index (χ1) is 11.5. The zero-order valence-electron chi connectivity index (χ0n) is 12.2. The minimum atomic E-state index is -0.251. The summed E-state index contributed by atoms with van der Waals surface area (Å²) in [7, 11) is 0. The molecule has 0 saturated carbocycles. The number of nitrogens with zero attached hydrogens (tertiary/aromatic N) is 4. The summed E-state index contributed by atoms with van der Waals surface area (Å²) < 4.78 is 0. The molecule has 1 aromatic carbocycles. The van der Waals surface area contributed by atoms with Gasteiger partial charge in [0.05, 0.1) is 25.3 Å². The van der Waals surface area contributed by atoms with Gasteiger partial charge in [-0.1, -0.05) is 0 Å². The highest BCUT2D eigenvalue weighted by Gasteiger charge is 2.34. The van der Waals surface area contributed by atoms with Crippen LogP contribution in [0, 0.1) is 35.8 Å². The highest BCUT2D eigenvalue weighted by Crippen LogP contribution is 2.42. The number of hydrogen-bond donors (Lipinski definition) is 0. The van der Waals surface area contributed by atoms with Crippen LogP contribution in [0.4, 0.5) is 0 Å². The topological polar surface area (TPSA) is 90.4 Å². The van der Waals surface area contributed by atoms with Gasteiger partial charge in [-0.15, -0.1) is 0 Å². The van der Waals surface area contributed by atoms with E-state index in [9.17, 15) is 9.59 Å². The van der Waals surface area contributed by atoms with E-state index in [4.69, 9.17) is 23.7 Å². The van der Waals surface area contributed by atoms with Gasteiger partial charge in [0, 0.05) is 24.0 Å². The second-order valence-electron chi connectivity index (χ2n) is 5.24. The Labute approximate surface area is 137 Å². The van der Waals surface area contributed by atoms with Crippen LogP contribution in [0.15, 0.2) is 23.5 Å². The maximum absolute atomic E-state index is 12.2. The van der Waals surface area contributed by atoms with E-state index >= 15 is 0 Å². The van der Waals surface area contributed by atoms with E-state index in [1.165, 1.54) is 12.1 Å². The van der Waals surface area contributed by atoms with Gasteiger partial charge < -0.3 is 0 Å². The van der Waals surface area contributed by atoms with E-state index in [1.54, 1.807) is 12.1 Å². The summed E-state index contributed by atoms with van der Waals surface area (Å²) in [6, 6.07) is 6.55. The number of ketones is 2. The number of rotatable bonds is 0. The van der Waals surface area contributed by atoms with E-state index in [1.807, 2.05) is 0 Å². The maximum atomic E-state index is 12.2. The molecule has 110 valence electrons. The van der Waals surface area contributed by atoms with Gasteiger partial charge in [-0.3, -0.25) is 9.59 Å². The van der Waals surface area contributed by atoms with Crippen LogP contribution in [-0.4, -0.2) is 11.6 Å². The standard InChI is InChI=1S/C18H6N4O2/c1-21-15(7-19)11-5-17(23)13-4-10-12(16(8-20)22-2)6-18(24)14(10)3-9(11)13/h3-4H,5-6H2/b15-11-,16-12+. The number of hydrogen-bond acceptors (Lipinski definition) is 4. The predicted octanol–water partition coefficient (Wildman–Crippen LogP) is 3.17. The van der Waals surface area contributed by atoms with Crippen LogP contribution in [0.25, 0.3) is 20.8 Å². The first-order valence-electron chi connectivity index (χ1n) is 6.82. The van der Waals surface area contributed by atoms with Crippen molar-refractivity contribution in [3.05, 3.63) is 68.6 Å². The monoisotopic (exact) mass is 310 g/mol. The molecule has 2 aliphatic carbocycles. The quantitative estimate of drug-likeness (QED) is 0.543. The average molecular weight is 310 g/mol. The second kappa shape index (κ2) is 5.33. The predicted molar refractivity (Wildman–Crippen MR) is 82.6 cm³/mol. The van der Waals surface area contributed by atoms with E-state index in [0.717, 1.165) is 0 Å². The minimum absolute atomic E-state index is 0.0648. The molecule has 2 aliphatic rings. The number of carbonyl (C=O) groups is 2. The summed E-state index contributed by atoms with van der Waals surface area (Å²) in [6.45, 7) is 14.1. The second-order valence-corrected chi connectivity index (χ2v) is 5.24. The number of nitriles is 2. The molecule has 0 aromatic heterocycles. The third-order valence-corrected chi connectivity index (χ3v) is 4.09. The molecule has 0 atom stereocenters. The van der Waals surface area contributed by atoms with Crippen LogP contribution < -0.4 is 0 Å². The zero-order chi connectivity index (χ0) is 17.4. The average Bonchev–Trinajstić information content (AvgIpc) is 3.07. The summed E-state index contributed by atoms with van der Waals surface area (Å²) >= 11 is 0. The minimum Gasteiger partial charge on any atom is -0.294 e. The fourth-order valence-electron chi connectivity index (χ4n) is 3.00. The van der Waals surface area contributed by atoms with Crippen molar-refractivity contribution in [1.82, 2.24) is 0 Å². The molecule has 0 fully saturated rings. The Hall–Kier alpha value is -4.00. The van der Waals surface area contributed by atoms with E-state index < -0.39 is 0 Å². The summed E-state index contributed by atoms with van der Waals surface area (Å²) in [5.74, 6) is -0.501. The Kier molecular flexibility index (Phi) is 3.31. The molecule has 1 aromatic rings. The first-order valence-corrected chi connectivity index (χ1v) is 6.82. The smallest absolute Gasteiger partial charge is 0.266 e. The first kappa shape index (κ1) is 14.9. The molecule has 6 nitrogen and oxygen atoms in total. The van der Waals surface area contributed by atoms with Gasteiger partial charge in [-0.25, -0.2) is 20.2 Å². The molecule has 3 rings (SSSR count). The lowest BCUT2D eigenvalue weighted by atomic mass is 9.97. The molecule has 6 heteroatoms. The van der Waals surface area contributed by atoms with Crippen molar-refractivity contribution in [2.24, 2.45) is 0 Å². The van der Waals surface area contributed by atoms with E-state index in [2.05, 4.69) is 9.69 Å².